The molecular formula is C20H15ClN4O5S. The molecule has 0 saturated carbocycles. The quantitative estimate of drug-likeness (QED) is 0.594. The fraction of sp³-hybridized carbons (Fsp3) is 0.100. The molecule has 158 valence electrons. The van der Waals surface area contributed by atoms with Crippen LogP contribution in [-0.4, -0.2) is 30.1 Å². The number of aryl methyl sites for hydroxylation is 2. The number of hydrogen-bond donors (Lipinski definition) is 2. The predicted molar refractivity (Wildman–Crippen MR) is 113 cm³/mol. The lowest BCUT2D eigenvalue weighted by molar-refractivity contribution is 0.0978. The second kappa shape index (κ2) is 7.64. The number of nitrogens with one attached hydrogen (secondary N) is 2. The predicted octanol–water partition coefficient (Wildman–Crippen LogP) is 3.43. The second-order valence-electron chi connectivity index (χ2n) is 6.77. The minimum atomic E-state index is -3.89. The number of carbonyl (C=O) groups is 2. The van der Waals surface area contributed by atoms with E-state index in [2.05, 4.69) is 20.2 Å². The van der Waals surface area contributed by atoms with E-state index in [1.54, 1.807) is 19.9 Å². The molecule has 0 fully saturated rings. The van der Waals surface area contributed by atoms with E-state index in [9.17, 15) is 18.0 Å². The first kappa shape index (κ1) is 20.8. The highest BCUT2D eigenvalue weighted by atomic mass is 35.5. The summed E-state index contributed by atoms with van der Waals surface area (Å²) >= 11 is 6.14. The number of allylic oxidation sites excluding steroid dienone is 2. The Kier molecular flexibility index (Phi) is 5.11. The Labute approximate surface area is 182 Å². The lowest BCUT2D eigenvalue weighted by Crippen LogP contribution is -2.25. The van der Waals surface area contributed by atoms with Crippen molar-refractivity contribution in [2.24, 2.45) is 0 Å². The van der Waals surface area contributed by atoms with Crippen LogP contribution in [0.25, 0.3) is 0 Å². The molecule has 1 aliphatic carbocycles. The molecule has 9 nitrogen and oxygen atoms in total. The summed E-state index contributed by atoms with van der Waals surface area (Å²) in [5.74, 6) is -0.521. The molecule has 2 heterocycles. The fourth-order valence-corrected chi connectivity index (χ4v) is 4.16. The Morgan fingerprint density at radius 1 is 1.00 bits per heavy atom. The number of halogens is 1. The van der Waals surface area contributed by atoms with Gasteiger partial charge in [-0.05, 0) is 50.2 Å². The van der Waals surface area contributed by atoms with Gasteiger partial charge in [-0.2, -0.15) is 0 Å². The van der Waals surface area contributed by atoms with Crippen LogP contribution in [0.4, 0.5) is 11.5 Å². The number of hydrogen-bond acceptors (Lipinski definition) is 8. The maximum Gasteiger partial charge on any atom is 0.263 e. The van der Waals surface area contributed by atoms with E-state index in [-0.39, 0.29) is 32.7 Å². The molecule has 1 aromatic carbocycles. The zero-order chi connectivity index (χ0) is 22.3. The molecule has 0 unspecified atom stereocenters. The minimum absolute atomic E-state index is 0.0103. The summed E-state index contributed by atoms with van der Waals surface area (Å²) in [6, 6.07) is 10.2. The molecule has 0 aliphatic heterocycles. The molecular weight excluding hydrogens is 444 g/mol. The summed E-state index contributed by atoms with van der Waals surface area (Å²) in [4.78, 5) is 29.4. The molecule has 0 amide bonds. The largest absolute Gasteiger partial charge is 0.360 e. The third-order valence-corrected chi connectivity index (χ3v) is 6.17. The van der Waals surface area contributed by atoms with Gasteiger partial charge < -0.3 is 9.84 Å². The maximum atomic E-state index is 12.8. The summed E-state index contributed by atoms with van der Waals surface area (Å²) < 4.78 is 32.1. The van der Waals surface area contributed by atoms with E-state index in [1.807, 2.05) is 0 Å². The molecule has 0 spiro atoms. The number of Topliss-reactive ketones (excluding diaryl/α,β-unsaturated/α-hetero) is 2. The Hall–Kier alpha value is -3.50. The van der Waals surface area contributed by atoms with E-state index in [1.165, 1.54) is 36.4 Å². The van der Waals surface area contributed by atoms with Gasteiger partial charge in [0.05, 0.1) is 10.5 Å². The summed E-state index contributed by atoms with van der Waals surface area (Å²) in [5, 5.41) is 6.12. The average Bonchev–Trinajstić information content (AvgIpc) is 3.13. The highest BCUT2D eigenvalue weighted by molar-refractivity contribution is 7.92. The number of benzene rings is 1. The first-order chi connectivity index (χ1) is 14.7. The summed E-state index contributed by atoms with van der Waals surface area (Å²) in [7, 11) is -3.89. The number of nitrogens with zero attached hydrogens (tertiary/aromatic N) is 2. The van der Waals surface area contributed by atoms with E-state index in [0.717, 1.165) is 0 Å². The van der Waals surface area contributed by atoms with Gasteiger partial charge in [-0.15, -0.1) is 0 Å². The van der Waals surface area contributed by atoms with Crippen molar-refractivity contribution >= 4 is 44.7 Å². The molecule has 0 radical (unpaired) electrons. The van der Waals surface area contributed by atoms with Gasteiger partial charge >= 0.3 is 0 Å². The first-order valence-corrected chi connectivity index (χ1v) is 10.8. The van der Waals surface area contributed by atoms with Gasteiger partial charge in [0.15, 0.2) is 5.82 Å². The highest BCUT2D eigenvalue weighted by Crippen LogP contribution is 2.29. The zero-order valence-electron chi connectivity index (χ0n) is 16.3. The Morgan fingerprint density at radius 2 is 1.71 bits per heavy atom. The van der Waals surface area contributed by atoms with Crippen molar-refractivity contribution in [1.29, 1.82) is 0 Å². The van der Waals surface area contributed by atoms with Crippen molar-refractivity contribution < 1.29 is 22.5 Å². The highest BCUT2D eigenvalue weighted by Gasteiger charge is 2.33. The molecule has 11 heteroatoms. The molecule has 4 rings (SSSR count). The van der Waals surface area contributed by atoms with E-state index >= 15 is 0 Å². The maximum absolute atomic E-state index is 12.8. The van der Waals surface area contributed by atoms with Crippen molar-refractivity contribution in [3.8, 4) is 0 Å². The third kappa shape index (κ3) is 3.94. The van der Waals surface area contributed by atoms with E-state index in [4.69, 9.17) is 16.1 Å². The van der Waals surface area contributed by atoms with Crippen LogP contribution < -0.4 is 10.0 Å². The van der Waals surface area contributed by atoms with Crippen molar-refractivity contribution in [3.63, 3.8) is 0 Å². The van der Waals surface area contributed by atoms with Crippen LogP contribution in [0.1, 0.15) is 32.3 Å². The smallest absolute Gasteiger partial charge is 0.263 e. The standard InChI is InChI=1S/C20H15ClN4O5S/c1-10-3-8-14-17(22-10)20(27)16(21)18(19(14)26)23-12-4-6-13(7-5-12)31(28,29)25-15-9-11(2)30-24-15/h3-9,23H,1-2H3,(H,24,25). The number of fused-ring (bicyclic) bond motifs is 1. The van der Waals surface area contributed by atoms with Gasteiger partial charge in [0.2, 0.25) is 11.6 Å². The first-order valence-electron chi connectivity index (χ1n) is 8.96. The molecule has 31 heavy (non-hydrogen) atoms. The molecule has 0 saturated heterocycles. The van der Waals surface area contributed by atoms with Gasteiger partial charge in [-0.3, -0.25) is 14.3 Å². The van der Waals surface area contributed by atoms with Crippen molar-refractivity contribution in [1.82, 2.24) is 10.1 Å². The van der Waals surface area contributed by atoms with Gasteiger partial charge in [0, 0.05) is 17.4 Å². The zero-order valence-corrected chi connectivity index (χ0v) is 17.8. The molecule has 2 N–H and O–H groups in total. The summed E-state index contributed by atoms with van der Waals surface area (Å²) in [6.45, 7) is 3.34. The average molecular weight is 459 g/mol. The molecule has 1 aliphatic rings. The molecule has 0 atom stereocenters. The van der Waals surface area contributed by atoms with Gasteiger partial charge in [-0.25, -0.2) is 13.4 Å². The molecule has 2 aromatic heterocycles. The monoisotopic (exact) mass is 458 g/mol. The number of anilines is 2. The van der Waals surface area contributed by atoms with Crippen molar-refractivity contribution in [3.05, 3.63) is 75.9 Å². The summed E-state index contributed by atoms with van der Waals surface area (Å²) in [5.41, 5.74) is 1.02. The van der Waals surface area contributed by atoms with Gasteiger partial charge in [-0.1, -0.05) is 16.8 Å². The topological polar surface area (TPSA) is 131 Å². The number of sulfonamides is 1. The van der Waals surface area contributed by atoms with Crippen LogP contribution in [-0.2, 0) is 10.0 Å². The normalized spacial score (nSPS) is 13.9. The third-order valence-electron chi connectivity index (χ3n) is 4.44. The van der Waals surface area contributed by atoms with Crippen LogP contribution in [0.3, 0.4) is 0 Å². The fourth-order valence-electron chi connectivity index (χ4n) is 2.95. The van der Waals surface area contributed by atoms with Crippen LogP contribution in [0.15, 0.2) is 62.6 Å². The number of aromatic nitrogens is 2. The van der Waals surface area contributed by atoms with Crippen LogP contribution in [0.5, 0.6) is 0 Å². The number of pyridine rings is 1. The van der Waals surface area contributed by atoms with Gasteiger partial charge in [0.1, 0.15) is 22.2 Å². The minimum Gasteiger partial charge on any atom is -0.360 e. The van der Waals surface area contributed by atoms with Crippen molar-refractivity contribution in [2.75, 3.05) is 10.0 Å². The SMILES string of the molecule is Cc1ccc2c(n1)C(=O)C(Cl)=C(Nc1ccc(S(=O)(=O)Nc3cc(C)on3)cc1)C2=O. The van der Waals surface area contributed by atoms with E-state index in [0.29, 0.717) is 17.1 Å². The Morgan fingerprint density at radius 3 is 2.35 bits per heavy atom. The lowest BCUT2D eigenvalue weighted by atomic mass is 9.96. The van der Waals surface area contributed by atoms with Gasteiger partial charge in [0.25, 0.3) is 10.0 Å². The van der Waals surface area contributed by atoms with Crippen molar-refractivity contribution in [2.45, 2.75) is 18.7 Å². The Bertz CT molecular complexity index is 1360. The lowest BCUT2D eigenvalue weighted by Gasteiger charge is -2.18. The summed E-state index contributed by atoms with van der Waals surface area (Å²) in [6.07, 6.45) is 0. The molecule has 0 bridgehead atoms. The van der Waals surface area contributed by atoms with E-state index < -0.39 is 21.6 Å². The number of ketones is 2. The van der Waals surface area contributed by atoms with Crippen LogP contribution in [0.2, 0.25) is 0 Å². The Balaban J connectivity index is 1.58. The number of carbonyl (C=O) groups excluding carboxylic acids is 2. The molecule has 3 aromatic rings. The second-order valence-corrected chi connectivity index (χ2v) is 8.83. The van der Waals surface area contributed by atoms with Crippen LogP contribution in [0, 0.1) is 13.8 Å². The number of rotatable bonds is 5. The van der Waals surface area contributed by atoms with Crippen LogP contribution >= 0.6 is 11.6 Å².